The summed E-state index contributed by atoms with van der Waals surface area (Å²) in [7, 11) is 0. The molecule has 0 saturated carbocycles. The van der Waals surface area contributed by atoms with Crippen molar-refractivity contribution in [3.8, 4) is 5.75 Å². The van der Waals surface area contributed by atoms with Crippen LogP contribution in [0.2, 0.25) is 5.15 Å². The second kappa shape index (κ2) is 5.24. The molecule has 2 rings (SSSR count). The first-order valence-corrected chi connectivity index (χ1v) is 5.78. The van der Waals surface area contributed by atoms with Gasteiger partial charge >= 0.3 is 0 Å². The fourth-order valence-electron chi connectivity index (χ4n) is 1.54. The molecule has 0 spiro atoms. The number of benzene rings is 1. The van der Waals surface area contributed by atoms with Crippen LogP contribution in [0.25, 0.3) is 0 Å². The van der Waals surface area contributed by atoms with E-state index in [1.807, 2.05) is 0 Å². The maximum absolute atomic E-state index is 13.5. The molecule has 4 nitrogen and oxygen atoms in total. The van der Waals surface area contributed by atoms with Crippen LogP contribution in [0.15, 0.2) is 30.3 Å². The van der Waals surface area contributed by atoms with Crippen molar-refractivity contribution in [3.05, 3.63) is 52.6 Å². The lowest BCUT2D eigenvalue weighted by Crippen LogP contribution is -2.14. The molecule has 98 valence electrons. The quantitative estimate of drug-likeness (QED) is 0.831. The zero-order valence-corrected chi connectivity index (χ0v) is 10.7. The summed E-state index contributed by atoms with van der Waals surface area (Å²) in [5.74, 6) is -1.65. The van der Waals surface area contributed by atoms with Gasteiger partial charge in [-0.25, -0.2) is 9.37 Å². The summed E-state index contributed by atoms with van der Waals surface area (Å²) in [6, 6.07) is 6.43. The maximum Gasteiger partial charge on any atom is 0.258 e. The number of anilines is 1. The van der Waals surface area contributed by atoms with Crippen molar-refractivity contribution in [2.24, 2.45) is 0 Å². The molecule has 0 radical (unpaired) electrons. The minimum atomic E-state index is -0.794. The van der Waals surface area contributed by atoms with Crippen LogP contribution in [-0.4, -0.2) is 16.0 Å². The molecule has 0 aliphatic heterocycles. The standard InChI is InChI=1S/C13H10ClFN2O2/c1-7-11(4-5-12(14)16-7)17-13(19)9-3-2-8(18)6-10(9)15/h2-6,18H,1H3,(H,17,19). The van der Waals surface area contributed by atoms with E-state index in [1.54, 1.807) is 13.0 Å². The summed E-state index contributed by atoms with van der Waals surface area (Å²) < 4.78 is 13.5. The number of pyridine rings is 1. The maximum atomic E-state index is 13.5. The first-order chi connectivity index (χ1) is 8.97. The molecule has 2 aromatic rings. The number of hydrogen-bond acceptors (Lipinski definition) is 3. The fraction of sp³-hybridized carbons (Fsp3) is 0.0769. The summed E-state index contributed by atoms with van der Waals surface area (Å²) in [5, 5.41) is 11.9. The van der Waals surface area contributed by atoms with Crippen molar-refractivity contribution in [2.75, 3.05) is 5.32 Å². The minimum Gasteiger partial charge on any atom is -0.508 e. The van der Waals surface area contributed by atoms with Crippen molar-refractivity contribution < 1.29 is 14.3 Å². The van der Waals surface area contributed by atoms with Crippen LogP contribution in [0.1, 0.15) is 16.1 Å². The third-order valence-corrected chi connectivity index (χ3v) is 2.71. The van der Waals surface area contributed by atoms with Crippen molar-refractivity contribution >= 4 is 23.2 Å². The number of rotatable bonds is 2. The van der Waals surface area contributed by atoms with Gasteiger partial charge in [0.15, 0.2) is 0 Å². The van der Waals surface area contributed by atoms with Gasteiger partial charge in [-0.3, -0.25) is 4.79 Å². The average Bonchev–Trinajstić information content (AvgIpc) is 2.32. The average molecular weight is 281 g/mol. The van der Waals surface area contributed by atoms with E-state index in [0.717, 1.165) is 6.07 Å². The van der Waals surface area contributed by atoms with Crippen molar-refractivity contribution in [3.63, 3.8) is 0 Å². The van der Waals surface area contributed by atoms with Gasteiger partial charge in [-0.2, -0.15) is 0 Å². The topological polar surface area (TPSA) is 62.2 Å². The van der Waals surface area contributed by atoms with Gasteiger partial charge in [0.1, 0.15) is 16.7 Å². The number of carbonyl (C=O) groups is 1. The highest BCUT2D eigenvalue weighted by Crippen LogP contribution is 2.19. The normalized spacial score (nSPS) is 10.3. The predicted molar refractivity (Wildman–Crippen MR) is 70.0 cm³/mol. The van der Waals surface area contributed by atoms with Crippen LogP contribution < -0.4 is 5.32 Å². The number of nitrogens with zero attached hydrogens (tertiary/aromatic N) is 1. The van der Waals surface area contributed by atoms with Crippen molar-refractivity contribution in [1.29, 1.82) is 0 Å². The van der Waals surface area contributed by atoms with E-state index in [9.17, 15) is 9.18 Å². The summed E-state index contributed by atoms with van der Waals surface area (Å²) in [6.45, 7) is 1.68. The molecule has 1 aromatic carbocycles. The Morgan fingerprint density at radius 3 is 2.74 bits per heavy atom. The van der Waals surface area contributed by atoms with Gasteiger partial charge in [0.05, 0.1) is 16.9 Å². The number of nitrogens with one attached hydrogen (secondary N) is 1. The lowest BCUT2D eigenvalue weighted by Gasteiger charge is -2.08. The molecule has 0 atom stereocenters. The molecule has 0 bridgehead atoms. The van der Waals surface area contributed by atoms with E-state index in [4.69, 9.17) is 16.7 Å². The molecule has 19 heavy (non-hydrogen) atoms. The number of hydrogen-bond donors (Lipinski definition) is 2. The van der Waals surface area contributed by atoms with Gasteiger partial charge in [-0.15, -0.1) is 0 Å². The van der Waals surface area contributed by atoms with Gasteiger partial charge < -0.3 is 10.4 Å². The van der Waals surface area contributed by atoms with Crippen molar-refractivity contribution in [2.45, 2.75) is 6.92 Å². The van der Waals surface area contributed by atoms with Gasteiger partial charge in [-0.05, 0) is 31.2 Å². The lowest BCUT2D eigenvalue weighted by molar-refractivity contribution is 0.102. The Morgan fingerprint density at radius 1 is 1.37 bits per heavy atom. The Balaban J connectivity index is 2.25. The van der Waals surface area contributed by atoms with Crippen LogP contribution in [0.4, 0.5) is 10.1 Å². The van der Waals surface area contributed by atoms with Crippen LogP contribution in [-0.2, 0) is 0 Å². The Hall–Kier alpha value is -2.14. The highest BCUT2D eigenvalue weighted by atomic mass is 35.5. The number of halogens is 2. The van der Waals surface area contributed by atoms with E-state index in [1.165, 1.54) is 18.2 Å². The van der Waals surface area contributed by atoms with Crippen LogP contribution in [0, 0.1) is 12.7 Å². The predicted octanol–water partition coefficient (Wildman–Crippen LogP) is 3.14. The fourth-order valence-corrected chi connectivity index (χ4v) is 1.73. The Kier molecular flexibility index (Phi) is 3.66. The third-order valence-electron chi connectivity index (χ3n) is 2.50. The molecule has 1 heterocycles. The number of phenolic OH excluding ortho intramolecular Hbond substituents is 1. The zero-order valence-electron chi connectivity index (χ0n) is 9.95. The monoisotopic (exact) mass is 280 g/mol. The molecule has 6 heteroatoms. The van der Waals surface area contributed by atoms with Gasteiger partial charge in [0.2, 0.25) is 0 Å². The Bertz CT molecular complexity index is 647. The molecule has 0 unspecified atom stereocenters. The molecule has 1 aromatic heterocycles. The largest absolute Gasteiger partial charge is 0.508 e. The van der Waals surface area contributed by atoms with Gasteiger partial charge in [0, 0.05) is 6.07 Å². The molecule has 0 aliphatic rings. The first-order valence-electron chi connectivity index (χ1n) is 5.40. The number of aryl methyl sites for hydroxylation is 1. The van der Waals surface area contributed by atoms with E-state index in [2.05, 4.69) is 10.3 Å². The van der Waals surface area contributed by atoms with Crippen LogP contribution in [0.5, 0.6) is 5.75 Å². The molecule has 0 saturated heterocycles. The second-order valence-electron chi connectivity index (χ2n) is 3.89. The third kappa shape index (κ3) is 3.00. The van der Waals surface area contributed by atoms with Crippen molar-refractivity contribution in [1.82, 2.24) is 4.98 Å². The minimum absolute atomic E-state index is 0.160. The summed E-state index contributed by atoms with van der Waals surface area (Å²) in [4.78, 5) is 15.9. The SMILES string of the molecule is Cc1nc(Cl)ccc1NC(=O)c1ccc(O)cc1F. The Labute approximate surface area is 113 Å². The molecular weight excluding hydrogens is 271 g/mol. The molecule has 0 aliphatic carbocycles. The molecular formula is C13H10ClFN2O2. The van der Waals surface area contributed by atoms with Crippen LogP contribution >= 0.6 is 11.6 Å². The highest BCUT2D eigenvalue weighted by molar-refractivity contribution is 6.29. The molecule has 1 amide bonds. The van der Waals surface area contributed by atoms with E-state index in [-0.39, 0.29) is 11.3 Å². The Morgan fingerprint density at radius 2 is 2.11 bits per heavy atom. The second-order valence-corrected chi connectivity index (χ2v) is 4.27. The number of carbonyl (C=O) groups excluding carboxylic acids is 1. The van der Waals surface area contributed by atoms with E-state index in [0.29, 0.717) is 16.5 Å². The van der Waals surface area contributed by atoms with Crippen LogP contribution in [0.3, 0.4) is 0 Å². The zero-order chi connectivity index (χ0) is 14.0. The van der Waals surface area contributed by atoms with Gasteiger partial charge in [-0.1, -0.05) is 11.6 Å². The number of aromatic nitrogens is 1. The summed E-state index contributed by atoms with van der Waals surface area (Å²) in [5.41, 5.74) is 0.814. The summed E-state index contributed by atoms with van der Waals surface area (Å²) in [6.07, 6.45) is 0. The smallest absolute Gasteiger partial charge is 0.258 e. The number of amides is 1. The van der Waals surface area contributed by atoms with Gasteiger partial charge in [0.25, 0.3) is 5.91 Å². The summed E-state index contributed by atoms with van der Waals surface area (Å²) >= 11 is 5.70. The lowest BCUT2D eigenvalue weighted by atomic mass is 10.2. The number of aromatic hydroxyl groups is 1. The molecule has 0 fully saturated rings. The highest BCUT2D eigenvalue weighted by Gasteiger charge is 2.13. The molecule has 2 N–H and O–H groups in total. The number of phenols is 1. The first kappa shape index (κ1) is 13.3. The van der Waals surface area contributed by atoms with E-state index < -0.39 is 11.7 Å². The van der Waals surface area contributed by atoms with E-state index >= 15 is 0 Å².